The van der Waals surface area contributed by atoms with Gasteiger partial charge in [0.25, 0.3) is 11.4 Å². The maximum absolute atomic E-state index is 11.0. The van der Waals surface area contributed by atoms with E-state index in [1.54, 1.807) is 11.3 Å². The quantitative estimate of drug-likeness (QED) is 0.672. The molecule has 0 spiro atoms. The van der Waals surface area contributed by atoms with Crippen molar-refractivity contribution in [3.05, 3.63) is 60.3 Å². The normalized spacial score (nSPS) is 10.2. The second kappa shape index (κ2) is 5.66. The molecule has 0 unspecified atom stereocenters. The molecule has 0 atom stereocenters. The van der Waals surface area contributed by atoms with Crippen LogP contribution in [0.25, 0.3) is 0 Å². The molecule has 2 rings (SSSR count). The number of hydrogen-bond acceptors (Lipinski definition) is 6. The Morgan fingerprint density at radius 1 is 1.20 bits per heavy atom. The molecule has 1 heterocycles. The van der Waals surface area contributed by atoms with Gasteiger partial charge in [0.15, 0.2) is 0 Å². The van der Waals surface area contributed by atoms with Crippen molar-refractivity contribution in [3.63, 3.8) is 0 Å². The van der Waals surface area contributed by atoms with E-state index in [2.05, 4.69) is 5.32 Å². The Morgan fingerprint density at radius 3 is 2.50 bits per heavy atom. The van der Waals surface area contributed by atoms with E-state index < -0.39 is 9.85 Å². The van der Waals surface area contributed by atoms with Gasteiger partial charge in [0.1, 0.15) is 5.69 Å². The highest BCUT2D eigenvalue weighted by Gasteiger charge is 2.19. The molecule has 0 amide bonds. The predicted octanol–water partition coefficient (Wildman–Crippen LogP) is 3.49. The molecule has 7 nitrogen and oxygen atoms in total. The molecule has 0 aliphatic carbocycles. The summed E-state index contributed by atoms with van der Waals surface area (Å²) in [7, 11) is 0. The molecule has 1 N–H and O–H groups in total. The van der Waals surface area contributed by atoms with Crippen LogP contribution in [0.3, 0.4) is 0 Å². The lowest BCUT2D eigenvalue weighted by Gasteiger charge is -2.06. The highest BCUT2D eigenvalue weighted by atomic mass is 32.1. The van der Waals surface area contributed by atoms with Crippen molar-refractivity contribution >= 4 is 28.4 Å². The number of thiophene rings is 1. The van der Waals surface area contributed by atoms with Crippen molar-refractivity contribution in [3.8, 4) is 0 Å². The van der Waals surface area contributed by atoms with E-state index >= 15 is 0 Å². The molecule has 0 bridgehead atoms. The monoisotopic (exact) mass is 293 g/mol. The Labute approximate surface area is 118 Å². The molecule has 0 saturated carbocycles. The van der Waals surface area contributed by atoms with Gasteiger partial charge in [-0.1, -0.05) is 0 Å². The van der Waals surface area contributed by atoms with Crippen molar-refractivity contribution in [2.45, 2.75) is 13.5 Å². The van der Waals surface area contributed by atoms with Crippen LogP contribution < -0.4 is 5.32 Å². The molecular formula is C12H11N3O4S. The first-order valence-electron chi connectivity index (χ1n) is 5.68. The second-order valence-corrected chi connectivity index (χ2v) is 5.10. The first-order chi connectivity index (χ1) is 9.49. The molecule has 0 aliphatic rings. The molecule has 0 aliphatic heterocycles. The number of anilines is 1. The highest BCUT2D eigenvalue weighted by molar-refractivity contribution is 7.10. The molecule has 2 aromatic rings. The van der Waals surface area contributed by atoms with Gasteiger partial charge >= 0.3 is 0 Å². The van der Waals surface area contributed by atoms with Crippen LogP contribution in [0.15, 0.2) is 29.6 Å². The topological polar surface area (TPSA) is 98.3 Å². The zero-order chi connectivity index (χ0) is 14.7. The smallest absolute Gasteiger partial charge is 0.299 e. The number of rotatable bonds is 5. The first-order valence-corrected chi connectivity index (χ1v) is 6.56. The van der Waals surface area contributed by atoms with E-state index in [1.807, 2.05) is 18.4 Å². The van der Waals surface area contributed by atoms with Crippen LogP contribution in [-0.2, 0) is 6.54 Å². The number of non-ortho nitro benzene ring substituents is 1. The Bertz CT molecular complexity index is 668. The number of nitro groups is 2. The van der Waals surface area contributed by atoms with Crippen LogP contribution in [0.1, 0.15) is 10.4 Å². The van der Waals surface area contributed by atoms with Crippen LogP contribution in [0, 0.1) is 27.2 Å². The minimum Gasteiger partial charge on any atom is -0.375 e. The summed E-state index contributed by atoms with van der Waals surface area (Å²) in [5.41, 5.74) is 0.781. The van der Waals surface area contributed by atoms with Crippen molar-refractivity contribution in [2.24, 2.45) is 0 Å². The summed E-state index contributed by atoms with van der Waals surface area (Å²) in [5.74, 6) is 0. The summed E-state index contributed by atoms with van der Waals surface area (Å²) in [4.78, 5) is 21.4. The number of benzene rings is 1. The Balaban J connectivity index is 2.25. The van der Waals surface area contributed by atoms with E-state index in [0.717, 1.165) is 16.5 Å². The average molecular weight is 293 g/mol. The number of aryl methyl sites for hydroxylation is 1. The predicted molar refractivity (Wildman–Crippen MR) is 76.1 cm³/mol. The number of nitro benzene ring substituents is 2. The highest BCUT2D eigenvalue weighted by Crippen LogP contribution is 2.29. The van der Waals surface area contributed by atoms with Crippen LogP contribution >= 0.6 is 11.3 Å². The lowest BCUT2D eigenvalue weighted by molar-refractivity contribution is -0.393. The maximum atomic E-state index is 11.0. The SMILES string of the molecule is Cc1ccsc1CNc1ccc([N+](=O)[O-])cc1[N+](=O)[O-]. The van der Waals surface area contributed by atoms with Crippen molar-refractivity contribution in [1.82, 2.24) is 0 Å². The molecule has 8 heteroatoms. The minimum atomic E-state index is -0.653. The third-order valence-electron chi connectivity index (χ3n) is 2.80. The Kier molecular flexibility index (Phi) is 3.94. The van der Waals surface area contributed by atoms with Gasteiger partial charge < -0.3 is 5.32 Å². The Morgan fingerprint density at radius 2 is 1.95 bits per heavy atom. The molecule has 0 radical (unpaired) electrons. The fraction of sp³-hybridized carbons (Fsp3) is 0.167. The maximum Gasteiger partial charge on any atom is 0.299 e. The zero-order valence-electron chi connectivity index (χ0n) is 10.5. The van der Waals surface area contributed by atoms with E-state index in [-0.39, 0.29) is 17.1 Å². The van der Waals surface area contributed by atoms with Gasteiger partial charge in [-0.15, -0.1) is 11.3 Å². The first kappa shape index (κ1) is 13.9. The lowest BCUT2D eigenvalue weighted by atomic mass is 10.2. The summed E-state index contributed by atoms with van der Waals surface area (Å²) in [6.45, 7) is 2.40. The van der Waals surface area contributed by atoms with Gasteiger partial charge in [-0.05, 0) is 30.0 Å². The van der Waals surface area contributed by atoms with Gasteiger partial charge in [-0.25, -0.2) is 0 Å². The molecule has 0 fully saturated rings. The summed E-state index contributed by atoms with van der Waals surface area (Å²) >= 11 is 1.55. The molecule has 0 saturated heterocycles. The fourth-order valence-electron chi connectivity index (χ4n) is 1.69. The molecule has 20 heavy (non-hydrogen) atoms. The van der Waals surface area contributed by atoms with Crippen molar-refractivity contribution in [1.29, 1.82) is 0 Å². The van der Waals surface area contributed by atoms with Crippen molar-refractivity contribution in [2.75, 3.05) is 5.32 Å². The standard InChI is InChI=1S/C12H11N3O4S/c1-8-4-5-20-12(8)7-13-10-3-2-9(14(16)17)6-11(10)15(18)19/h2-6,13H,7H2,1H3. The van der Waals surface area contributed by atoms with Crippen LogP contribution in [-0.4, -0.2) is 9.85 Å². The minimum absolute atomic E-state index is 0.272. The van der Waals surface area contributed by atoms with E-state index in [9.17, 15) is 20.2 Å². The van der Waals surface area contributed by atoms with Crippen LogP contribution in [0.5, 0.6) is 0 Å². The number of nitrogens with one attached hydrogen (secondary N) is 1. The lowest BCUT2D eigenvalue weighted by Crippen LogP contribution is -2.03. The molecule has 1 aromatic heterocycles. The fourth-order valence-corrected chi connectivity index (χ4v) is 2.54. The third kappa shape index (κ3) is 2.91. The second-order valence-electron chi connectivity index (χ2n) is 4.10. The van der Waals surface area contributed by atoms with Crippen molar-refractivity contribution < 1.29 is 9.85 Å². The van der Waals surface area contributed by atoms with Gasteiger partial charge in [-0.3, -0.25) is 20.2 Å². The number of hydrogen-bond donors (Lipinski definition) is 1. The van der Waals surface area contributed by atoms with Crippen LogP contribution in [0.4, 0.5) is 17.1 Å². The van der Waals surface area contributed by atoms with Gasteiger partial charge in [-0.2, -0.15) is 0 Å². The van der Waals surface area contributed by atoms with E-state index in [1.165, 1.54) is 12.1 Å². The van der Waals surface area contributed by atoms with Crippen LogP contribution in [0.2, 0.25) is 0 Å². The van der Waals surface area contributed by atoms with E-state index in [0.29, 0.717) is 6.54 Å². The average Bonchev–Trinajstić information content (AvgIpc) is 2.81. The summed E-state index contributed by atoms with van der Waals surface area (Å²) in [6.07, 6.45) is 0. The van der Waals surface area contributed by atoms with Gasteiger partial charge in [0.05, 0.1) is 15.9 Å². The molecule has 1 aromatic carbocycles. The Hall–Kier alpha value is -2.48. The van der Waals surface area contributed by atoms with E-state index in [4.69, 9.17) is 0 Å². The third-order valence-corrected chi connectivity index (χ3v) is 3.82. The van der Waals surface area contributed by atoms with Gasteiger partial charge in [0, 0.05) is 17.5 Å². The molecular weight excluding hydrogens is 282 g/mol. The summed E-state index contributed by atoms with van der Waals surface area (Å²) in [6, 6.07) is 5.53. The largest absolute Gasteiger partial charge is 0.375 e. The van der Waals surface area contributed by atoms with Gasteiger partial charge in [0.2, 0.25) is 0 Å². The number of nitrogens with zero attached hydrogens (tertiary/aromatic N) is 2. The molecule has 104 valence electrons. The summed E-state index contributed by atoms with van der Waals surface area (Å²) < 4.78 is 0. The summed E-state index contributed by atoms with van der Waals surface area (Å²) in [5, 5.41) is 26.5. The zero-order valence-corrected chi connectivity index (χ0v) is 11.3.